The van der Waals surface area contributed by atoms with E-state index in [9.17, 15) is 8.42 Å². The third kappa shape index (κ3) is 3.54. The number of sulfone groups is 1. The van der Waals surface area contributed by atoms with E-state index in [0.29, 0.717) is 12.3 Å². The number of rotatable bonds is 5. The standard InChI is InChI=1S/C13H20N2O2S/c14-7-8-15(10-12-4-2-1-3-5-12)13-6-9-18(16,17)11-13/h1-5,13H,6-11,14H2. The Morgan fingerprint density at radius 1 is 1.28 bits per heavy atom. The minimum Gasteiger partial charge on any atom is -0.329 e. The lowest BCUT2D eigenvalue weighted by Gasteiger charge is -2.27. The van der Waals surface area contributed by atoms with Crippen LogP contribution in [0, 0.1) is 0 Å². The van der Waals surface area contributed by atoms with Crippen molar-refractivity contribution in [2.45, 2.75) is 19.0 Å². The smallest absolute Gasteiger partial charge is 0.151 e. The molecule has 1 aliphatic heterocycles. The molecule has 2 rings (SSSR count). The van der Waals surface area contributed by atoms with Gasteiger partial charge >= 0.3 is 0 Å². The van der Waals surface area contributed by atoms with E-state index in [1.54, 1.807) is 0 Å². The van der Waals surface area contributed by atoms with Crippen LogP contribution in [0.15, 0.2) is 30.3 Å². The van der Waals surface area contributed by atoms with Gasteiger partial charge in [0.15, 0.2) is 9.84 Å². The van der Waals surface area contributed by atoms with Crippen LogP contribution in [0.2, 0.25) is 0 Å². The lowest BCUT2D eigenvalue weighted by Crippen LogP contribution is -2.39. The molecule has 1 atom stereocenters. The highest BCUT2D eigenvalue weighted by Gasteiger charge is 2.31. The molecule has 1 fully saturated rings. The van der Waals surface area contributed by atoms with Crippen LogP contribution in [0.1, 0.15) is 12.0 Å². The molecule has 4 nitrogen and oxygen atoms in total. The predicted octanol–water partition coefficient (Wildman–Crippen LogP) is 0.634. The van der Waals surface area contributed by atoms with Crippen molar-refractivity contribution >= 4 is 9.84 Å². The first-order chi connectivity index (χ1) is 8.61. The van der Waals surface area contributed by atoms with Gasteiger partial charge in [0.25, 0.3) is 0 Å². The molecule has 1 aromatic rings. The van der Waals surface area contributed by atoms with Crippen LogP contribution >= 0.6 is 0 Å². The average Bonchev–Trinajstić information content (AvgIpc) is 2.70. The topological polar surface area (TPSA) is 63.4 Å². The molecule has 0 amide bonds. The molecule has 100 valence electrons. The molecule has 0 radical (unpaired) electrons. The highest BCUT2D eigenvalue weighted by molar-refractivity contribution is 7.91. The zero-order chi connectivity index (χ0) is 13.0. The normalized spacial score (nSPS) is 22.4. The Bertz CT molecular complexity index is 473. The highest BCUT2D eigenvalue weighted by Crippen LogP contribution is 2.19. The second-order valence-corrected chi connectivity index (χ2v) is 7.03. The summed E-state index contributed by atoms with van der Waals surface area (Å²) in [5.74, 6) is 0.591. The number of benzene rings is 1. The quantitative estimate of drug-likeness (QED) is 0.851. The molecule has 0 aromatic heterocycles. The van der Waals surface area contributed by atoms with Crippen LogP contribution in [0.4, 0.5) is 0 Å². The molecule has 0 bridgehead atoms. The van der Waals surface area contributed by atoms with Gasteiger partial charge in [-0.1, -0.05) is 30.3 Å². The number of nitrogens with two attached hydrogens (primary N) is 1. The van der Waals surface area contributed by atoms with Gasteiger partial charge in [-0.05, 0) is 12.0 Å². The third-order valence-corrected chi connectivity index (χ3v) is 5.12. The van der Waals surface area contributed by atoms with E-state index in [0.717, 1.165) is 19.5 Å². The molecule has 0 aliphatic carbocycles. The number of hydrogen-bond donors (Lipinski definition) is 1. The van der Waals surface area contributed by atoms with Crippen molar-refractivity contribution in [1.82, 2.24) is 4.90 Å². The highest BCUT2D eigenvalue weighted by atomic mass is 32.2. The van der Waals surface area contributed by atoms with Crippen molar-refractivity contribution in [1.29, 1.82) is 0 Å². The molecule has 0 saturated carbocycles. The molecule has 0 spiro atoms. The SMILES string of the molecule is NCCN(Cc1ccccc1)C1CCS(=O)(=O)C1. The van der Waals surface area contributed by atoms with E-state index in [1.807, 2.05) is 18.2 Å². The Morgan fingerprint density at radius 3 is 2.56 bits per heavy atom. The summed E-state index contributed by atoms with van der Waals surface area (Å²) in [7, 11) is -2.83. The molecule has 1 heterocycles. The maximum atomic E-state index is 11.5. The fourth-order valence-corrected chi connectivity index (χ4v) is 4.20. The molecule has 2 N–H and O–H groups in total. The summed E-state index contributed by atoms with van der Waals surface area (Å²) in [6, 6.07) is 10.2. The second-order valence-electron chi connectivity index (χ2n) is 4.80. The molecule has 18 heavy (non-hydrogen) atoms. The van der Waals surface area contributed by atoms with E-state index in [2.05, 4.69) is 17.0 Å². The summed E-state index contributed by atoms with van der Waals surface area (Å²) >= 11 is 0. The average molecular weight is 268 g/mol. The molecule has 1 saturated heterocycles. The fraction of sp³-hybridized carbons (Fsp3) is 0.538. The first kappa shape index (κ1) is 13.5. The zero-order valence-corrected chi connectivity index (χ0v) is 11.3. The van der Waals surface area contributed by atoms with Crippen LogP contribution in [0.3, 0.4) is 0 Å². The fourth-order valence-electron chi connectivity index (χ4n) is 2.44. The number of nitrogens with zero attached hydrogens (tertiary/aromatic N) is 1. The van der Waals surface area contributed by atoms with Gasteiger partial charge < -0.3 is 5.73 Å². The van der Waals surface area contributed by atoms with Crippen molar-refractivity contribution in [2.24, 2.45) is 5.73 Å². The Labute approximate surface area is 109 Å². The molecule has 1 aliphatic rings. The molecule has 5 heteroatoms. The predicted molar refractivity (Wildman–Crippen MR) is 73.0 cm³/mol. The van der Waals surface area contributed by atoms with Gasteiger partial charge in [0, 0.05) is 25.7 Å². The van der Waals surface area contributed by atoms with E-state index in [1.165, 1.54) is 5.56 Å². The second kappa shape index (κ2) is 5.82. The summed E-state index contributed by atoms with van der Waals surface area (Å²) < 4.78 is 23.1. The monoisotopic (exact) mass is 268 g/mol. The lowest BCUT2D eigenvalue weighted by molar-refractivity contribution is 0.209. The van der Waals surface area contributed by atoms with Gasteiger partial charge in [-0.15, -0.1) is 0 Å². The maximum absolute atomic E-state index is 11.5. The zero-order valence-electron chi connectivity index (χ0n) is 10.5. The van der Waals surface area contributed by atoms with Gasteiger partial charge in [-0.2, -0.15) is 0 Å². The maximum Gasteiger partial charge on any atom is 0.151 e. The van der Waals surface area contributed by atoms with Crippen LogP contribution in [-0.2, 0) is 16.4 Å². The molecule has 1 unspecified atom stereocenters. The van der Waals surface area contributed by atoms with Crippen molar-refractivity contribution in [3.8, 4) is 0 Å². The van der Waals surface area contributed by atoms with Gasteiger partial charge in [-0.3, -0.25) is 4.90 Å². The summed E-state index contributed by atoms with van der Waals surface area (Å²) in [6.07, 6.45) is 0.731. The van der Waals surface area contributed by atoms with Gasteiger partial charge in [-0.25, -0.2) is 8.42 Å². The van der Waals surface area contributed by atoms with E-state index in [-0.39, 0.29) is 11.8 Å². The summed E-state index contributed by atoms with van der Waals surface area (Å²) in [6.45, 7) is 2.08. The van der Waals surface area contributed by atoms with Crippen molar-refractivity contribution in [2.75, 3.05) is 24.6 Å². The summed E-state index contributed by atoms with van der Waals surface area (Å²) in [5.41, 5.74) is 6.83. The summed E-state index contributed by atoms with van der Waals surface area (Å²) in [5, 5.41) is 0. The van der Waals surface area contributed by atoms with Crippen LogP contribution in [0.25, 0.3) is 0 Å². The Morgan fingerprint density at radius 2 is 2.00 bits per heavy atom. The van der Waals surface area contributed by atoms with Gasteiger partial charge in [0.2, 0.25) is 0 Å². The Hall–Kier alpha value is -0.910. The van der Waals surface area contributed by atoms with Crippen LogP contribution < -0.4 is 5.73 Å². The Kier molecular flexibility index (Phi) is 4.37. The van der Waals surface area contributed by atoms with Crippen LogP contribution in [0.5, 0.6) is 0 Å². The Balaban J connectivity index is 2.05. The third-order valence-electron chi connectivity index (χ3n) is 3.37. The first-order valence-electron chi connectivity index (χ1n) is 6.29. The lowest BCUT2D eigenvalue weighted by atomic mass is 10.1. The van der Waals surface area contributed by atoms with Crippen molar-refractivity contribution in [3.05, 3.63) is 35.9 Å². The van der Waals surface area contributed by atoms with Crippen molar-refractivity contribution in [3.63, 3.8) is 0 Å². The van der Waals surface area contributed by atoms with Gasteiger partial charge in [0.05, 0.1) is 11.5 Å². The van der Waals surface area contributed by atoms with E-state index in [4.69, 9.17) is 5.73 Å². The minimum atomic E-state index is -2.83. The summed E-state index contributed by atoms with van der Waals surface area (Å²) in [4.78, 5) is 2.19. The van der Waals surface area contributed by atoms with Gasteiger partial charge in [0.1, 0.15) is 0 Å². The first-order valence-corrected chi connectivity index (χ1v) is 8.11. The molecular formula is C13H20N2O2S. The van der Waals surface area contributed by atoms with Crippen LogP contribution in [-0.4, -0.2) is 44.0 Å². The van der Waals surface area contributed by atoms with E-state index < -0.39 is 9.84 Å². The largest absolute Gasteiger partial charge is 0.329 e. The molecule has 1 aromatic carbocycles. The van der Waals surface area contributed by atoms with E-state index >= 15 is 0 Å². The molecular weight excluding hydrogens is 248 g/mol. The number of hydrogen-bond acceptors (Lipinski definition) is 4. The van der Waals surface area contributed by atoms with Crippen molar-refractivity contribution < 1.29 is 8.42 Å². The minimum absolute atomic E-state index is 0.124.